The second-order valence-corrected chi connectivity index (χ2v) is 7.29. The van der Waals surface area contributed by atoms with E-state index in [1.165, 1.54) is 10.6 Å². The van der Waals surface area contributed by atoms with E-state index < -0.39 is 10.0 Å². The van der Waals surface area contributed by atoms with Crippen molar-refractivity contribution in [2.24, 2.45) is 5.92 Å². The summed E-state index contributed by atoms with van der Waals surface area (Å²) in [5.74, 6) is -0.352. The average molecular weight is 292 g/mol. The largest absolute Gasteiger partial charge is 0.395 e. The van der Waals surface area contributed by atoms with E-state index in [9.17, 15) is 13.2 Å². The van der Waals surface area contributed by atoms with E-state index in [1.807, 2.05) is 13.8 Å². The summed E-state index contributed by atoms with van der Waals surface area (Å²) in [5, 5.41) is 9.01. The second-order valence-electron chi connectivity index (χ2n) is 5.31. The highest BCUT2D eigenvalue weighted by Gasteiger charge is 2.33. The number of carbonyl (C=O) groups excluding carboxylic acids is 1. The molecule has 1 aliphatic heterocycles. The van der Waals surface area contributed by atoms with Crippen LogP contribution in [0.3, 0.4) is 0 Å². The summed E-state index contributed by atoms with van der Waals surface area (Å²) in [6.07, 6.45) is 2.59. The molecule has 1 amide bonds. The van der Waals surface area contributed by atoms with E-state index >= 15 is 0 Å². The molecule has 19 heavy (non-hydrogen) atoms. The molecule has 1 N–H and O–H groups in total. The number of hydrogen-bond donors (Lipinski definition) is 1. The number of rotatable bonds is 5. The summed E-state index contributed by atoms with van der Waals surface area (Å²) >= 11 is 0. The van der Waals surface area contributed by atoms with E-state index in [-0.39, 0.29) is 31.0 Å². The fourth-order valence-corrected chi connectivity index (χ4v) is 3.32. The maximum atomic E-state index is 12.4. The molecule has 1 aliphatic rings. The highest BCUT2D eigenvalue weighted by Crippen LogP contribution is 2.21. The number of nitrogens with zero attached hydrogens (tertiary/aromatic N) is 2. The lowest BCUT2D eigenvalue weighted by molar-refractivity contribution is -0.139. The van der Waals surface area contributed by atoms with Crippen LogP contribution in [0.1, 0.15) is 26.7 Å². The number of piperidine rings is 1. The van der Waals surface area contributed by atoms with Gasteiger partial charge in [-0.15, -0.1) is 0 Å². The molecule has 0 aromatic carbocycles. The van der Waals surface area contributed by atoms with Gasteiger partial charge in [0.2, 0.25) is 15.9 Å². The van der Waals surface area contributed by atoms with Crippen molar-refractivity contribution in [2.45, 2.75) is 32.7 Å². The maximum absolute atomic E-state index is 12.4. The Balaban J connectivity index is 2.75. The first kappa shape index (κ1) is 16.4. The van der Waals surface area contributed by atoms with Gasteiger partial charge in [-0.1, -0.05) is 0 Å². The van der Waals surface area contributed by atoms with Crippen molar-refractivity contribution in [3.8, 4) is 0 Å². The molecule has 112 valence electrons. The van der Waals surface area contributed by atoms with Crippen LogP contribution >= 0.6 is 0 Å². The third kappa shape index (κ3) is 4.43. The van der Waals surface area contributed by atoms with Gasteiger partial charge >= 0.3 is 0 Å². The van der Waals surface area contributed by atoms with Gasteiger partial charge in [0.25, 0.3) is 0 Å². The molecule has 0 saturated carbocycles. The molecule has 0 aromatic rings. The monoisotopic (exact) mass is 292 g/mol. The topological polar surface area (TPSA) is 77.9 Å². The minimum atomic E-state index is -3.24. The normalized spacial score (nSPS) is 21.6. The summed E-state index contributed by atoms with van der Waals surface area (Å²) < 4.78 is 24.5. The molecule has 1 atom stereocenters. The first-order valence-electron chi connectivity index (χ1n) is 6.63. The molecule has 1 fully saturated rings. The highest BCUT2D eigenvalue weighted by molar-refractivity contribution is 7.88. The van der Waals surface area contributed by atoms with Gasteiger partial charge in [0.1, 0.15) is 0 Å². The zero-order valence-electron chi connectivity index (χ0n) is 11.9. The number of hydrogen-bond acceptors (Lipinski definition) is 4. The van der Waals surface area contributed by atoms with Gasteiger partial charge in [0.05, 0.1) is 18.8 Å². The Morgan fingerprint density at radius 1 is 1.47 bits per heavy atom. The van der Waals surface area contributed by atoms with Gasteiger partial charge in [-0.25, -0.2) is 12.7 Å². The number of aliphatic hydroxyl groups is 1. The second kappa shape index (κ2) is 6.67. The van der Waals surface area contributed by atoms with Gasteiger partial charge in [0, 0.05) is 25.7 Å². The molecule has 7 heteroatoms. The predicted molar refractivity (Wildman–Crippen MR) is 73.1 cm³/mol. The van der Waals surface area contributed by atoms with Crippen molar-refractivity contribution in [1.82, 2.24) is 9.21 Å². The summed E-state index contributed by atoms with van der Waals surface area (Å²) in [6, 6.07) is 0.00765. The van der Waals surface area contributed by atoms with E-state index in [4.69, 9.17) is 5.11 Å². The quantitative estimate of drug-likeness (QED) is 0.767. The molecule has 0 aliphatic carbocycles. The van der Waals surface area contributed by atoms with Crippen LogP contribution < -0.4 is 0 Å². The summed E-state index contributed by atoms with van der Waals surface area (Å²) in [4.78, 5) is 14.0. The first-order chi connectivity index (χ1) is 8.77. The van der Waals surface area contributed by atoms with Gasteiger partial charge in [0.15, 0.2) is 0 Å². The van der Waals surface area contributed by atoms with Crippen molar-refractivity contribution in [3.63, 3.8) is 0 Å². The van der Waals surface area contributed by atoms with Gasteiger partial charge < -0.3 is 10.0 Å². The molecule has 0 bridgehead atoms. The Kier molecular flexibility index (Phi) is 5.76. The Morgan fingerprint density at radius 2 is 2.11 bits per heavy atom. The minimum absolute atomic E-state index is 0.00765. The van der Waals surface area contributed by atoms with Gasteiger partial charge in [-0.05, 0) is 26.7 Å². The molecule has 1 heterocycles. The lowest BCUT2D eigenvalue weighted by atomic mass is 9.97. The van der Waals surface area contributed by atoms with Gasteiger partial charge in [-0.3, -0.25) is 4.79 Å². The van der Waals surface area contributed by atoms with Crippen molar-refractivity contribution < 1.29 is 18.3 Å². The number of aliphatic hydroxyl groups excluding tert-OH is 1. The molecule has 0 radical (unpaired) electrons. The number of carbonyl (C=O) groups is 1. The third-order valence-corrected chi connectivity index (χ3v) is 4.72. The highest BCUT2D eigenvalue weighted by atomic mass is 32.2. The van der Waals surface area contributed by atoms with Crippen LogP contribution in [-0.2, 0) is 14.8 Å². The van der Waals surface area contributed by atoms with E-state index in [0.717, 1.165) is 0 Å². The molecule has 1 saturated heterocycles. The lowest BCUT2D eigenvalue weighted by Gasteiger charge is -2.35. The molecular weight excluding hydrogens is 268 g/mol. The Bertz CT molecular complexity index is 408. The Morgan fingerprint density at radius 3 is 2.58 bits per heavy atom. The van der Waals surface area contributed by atoms with Crippen LogP contribution in [0.4, 0.5) is 0 Å². The average Bonchev–Trinajstić information content (AvgIpc) is 2.34. The van der Waals surface area contributed by atoms with E-state index in [0.29, 0.717) is 25.9 Å². The van der Waals surface area contributed by atoms with E-state index in [1.54, 1.807) is 4.90 Å². The fraction of sp³-hybridized carbons (Fsp3) is 0.917. The van der Waals surface area contributed by atoms with Crippen molar-refractivity contribution in [2.75, 3.05) is 32.5 Å². The SMILES string of the molecule is CC(C)N(CCO)C(=O)C1CCCN(S(C)(=O)=O)C1. The van der Waals surface area contributed by atoms with Crippen molar-refractivity contribution in [1.29, 1.82) is 0 Å². The van der Waals surface area contributed by atoms with E-state index in [2.05, 4.69) is 0 Å². The standard InChI is InChI=1S/C12H24N2O4S/c1-10(2)14(7-8-15)12(16)11-5-4-6-13(9-11)19(3,17)18/h10-11,15H,4-9H2,1-3H3. The van der Waals surface area contributed by atoms with Crippen LogP contribution in [0.15, 0.2) is 0 Å². The fourth-order valence-electron chi connectivity index (χ4n) is 2.41. The zero-order chi connectivity index (χ0) is 14.6. The molecule has 0 spiro atoms. The van der Waals surface area contributed by atoms with Crippen LogP contribution in [0.2, 0.25) is 0 Å². The predicted octanol–water partition coefficient (Wildman–Crippen LogP) is -0.113. The van der Waals surface area contributed by atoms with Crippen LogP contribution in [0.5, 0.6) is 0 Å². The molecule has 1 unspecified atom stereocenters. The summed E-state index contributed by atoms with van der Waals surface area (Å²) in [5.41, 5.74) is 0. The first-order valence-corrected chi connectivity index (χ1v) is 8.48. The molecular formula is C12H24N2O4S. The molecule has 0 aromatic heterocycles. The number of sulfonamides is 1. The Labute approximate surface area is 115 Å². The van der Waals surface area contributed by atoms with Crippen molar-refractivity contribution >= 4 is 15.9 Å². The van der Waals surface area contributed by atoms with Crippen molar-refractivity contribution in [3.05, 3.63) is 0 Å². The van der Waals surface area contributed by atoms with Crippen LogP contribution in [-0.4, -0.2) is 67.2 Å². The smallest absolute Gasteiger partial charge is 0.227 e. The molecule has 1 rings (SSSR count). The summed E-state index contributed by atoms with van der Waals surface area (Å²) in [6.45, 7) is 4.75. The van der Waals surface area contributed by atoms with Crippen LogP contribution in [0, 0.1) is 5.92 Å². The lowest BCUT2D eigenvalue weighted by Crippen LogP contribution is -2.49. The zero-order valence-corrected chi connectivity index (χ0v) is 12.7. The minimum Gasteiger partial charge on any atom is -0.395 e. The summed E-state index contributed by atoms with van der Waals surface area (Å²) in [7, 11) is -3.24. The molecule has 6 nitrogen and oxygen atoms in total. The van der Waals surface area contributed by atoms with Gasteiger partial charge in [-0.2, -0.15) is 0 Å². The van der Waals surface area contributed by atoms with Crippen LogP contribution in [0.25, 0.3) is 0 Å². The third-order valence-electron chi connectivity index (χ3n) is 3.45. The number of amides is 1. The maximum Gasteiger partial charge on any atom is 0.227 e. The Hall–Kier alpha value is -0.660.